The fourth-order valence-corrected chi connectivity index (χ4v) is 3.23. The van der Waals surface area contributed by atoms with Crippen LogP contribution in [0.3, 0.4) is 0 Å². The summed E-state index contributed by atoms with van der Waals surface area (Å²) in [5.41, 5.74) is 4.42. The van der Waals surface area contributed by atoms with Crippen molar-refractivity contribution in [1.29, 1.82) is 0 Å². The molecule has 1 aliphatic rings. The van der Waals surface area contributed by atoms with Crippen molar-refractivity contribution in [1.82, 2.24) is 20.5 Å². The number of H-pyrrole nitrogens is 1. The van der Waals surface area contributed by atoms with Gasteiger partial charge in [0.05, 0.1) is 5.52 Å². The summed E-state index contributed by atoms with van der Waals surface area (Å²) in [4.78, 5) is 6.90. The molecule has 1 saturated heterocycles. The van der Waals surface area contributed by atoms with Gasteiger partial charge in [0, 0.05) is 42.8 Å². The van der Waals surface area contributed by atoms with E-state index in [2.05, 4.69) is 63.5 Å². The van der Waals surface area contributed by atoms with Crippen LogP contribution in [-0.4, -0.2) is 40.9 Å². The molecule has 0 aliphatic carbocycles. The molecule has 1 aromatic carbocycles. The first kappa shape index (κ1) is 14.2. The zero-order valence-corrected chi connectivity index (χ0v) is 13.5. The molecule has 3 aromatic rings. The number of nitrogens with zero attached hydrogens (tertiary/aromatic N) is 3. The van der Waals surface area contributed by atoms with Gasteiger partial charge in [0.1, 0.15) is 11.5 Å². The van der Waals surface area contributed by atoms with Gasteiger partial charge in [-0.1, -0.05) is 11.6 Å². The molecule has 23 heavy (non-hydrogen) atoms. The van der Waals surface area contributed by atoms with E-state index in [0.717, 1.165) is 47.6 Å². The highest BCUT2D eigenvalue weighted by atomic mass is 15.2. The van der Waals surface area contributed by atoms with Crippen LogP contribution in [-0.2, 0) is 0 Å². The van der Waals surface area contributed by atoms with Crippen molar-refractivity contribution in [3.8, 4) is 11.3 Å². The molecule has 0 saturated carbocycles. The molecule has 0 bridgehead atoms. The number of aromatic nitrogens is 3. The lowest BCUT2D eigenvalue weighted by Gasteiger charge is -2.32. The molecule has 0 radical (unpaired) electrons. The van der Waals surface area contributed by atoms with Gasteiger partial charge in [0.25, 0.3) is 0 Å². The maximum atomic E-state index is 4.57. The summed E-state index contributed by atoms with van der Waals surface area (Å²) in [7, 11) is 0. The molecule has 0 amide bonds. The molecule has 4 rings (SSSR count). The van der Waals surface area contributed by atoms with Crippen LogP contribution in [0.5, 0.6) is 0 Å². The van der Waals surface area contributed by atoms with Crippen LogP contribution in [0, 0.1) is 6.92 Å². The second-order valence-electron chi connectivity index (χ2n) is 6.33. The third kappa shape index (κ3) is 2.68. The Balaban J connectivity index is 1.74. The number of fused-ring (bicyclic) bond motifs is 1. The van der Waals surface area contributed by atoms with Crippen molar-refractivity contribution >= 4 is 16.7 Å². The van der Waals surface area contributed by atoms with Crippen LogP contribution in [0.4, 0.5) is 5.82 Å². The maximum absolute atomic E-state index is 4.57. The number of anilines is 1. The van der Waals surface area contributed by atoms with Gasteiger partial charge in [-0.25, -0.2) is 4.98 Å². The molecule has 1 unspecified atom stereocenters. The van der Waals surface area contributed by atoms with Crippen molar-refractivity contribution in [2.24, 2.45) is 0 Å². The second-order valence-corrected chi connectivity index (χ2v) is 6.33. The largest absolute Gasteiger partial charge is 0.354 e. The van der Waals surface area contributed by atoms with Crippen molar-refractivity contribution in [2.45, 2.75) is 19.9 Å². The van der Waals surface area contributed by atoms with E-state index < -0.39 is 0 Å². The van der Waals surface area contributed by atoms with E-state index in [1.807, 2.05) is 12.3 Å². The Kier molecular flexibility index (Phi) is 3.50. The van der Waals surface area contributed by atoms with Crippen molar-refractivity contribution in [2.75, 3.05) is 24.5 Å². The fraction of sp³-hybridized carbons (Fsp3) is 0.333. The Morgan fingerprint density at radius 2 is 2.13 bits per heavy atom. The third-order valence-electron chi connectivity index (χ3n) is 4.43. The lowest BCUT2D eigenvalue weighted by Crippen LogP contribution is -2.49. The van der Waals surface area contributed by atoms with E-state index in [9.17, 15) is 0 Å². The van der Waals surface area contributed by atoms with E-state index in [1.165, 1.54) is 5.56 Å². The third-order valence-corrected chi connectivity index (χ3v) is 4.43. The smallest absolute Gasteiger partial charge is 0.129 e. The zero-order valence-electron chi connectivity index (χ0n) is 13.5. The Hall–Kier alpha value is -2.40. The maximum Gasteiger partial charge on any atom is 0.129 e. The first-order chi connectivity index (χ1) is 11.2. The van der Waals surface area contributed by atoms with E-state index in [1.54, 1.807) is 0 Å². The van der Waals surface area contributed by atoms with Crippen LogP contribution in [0.15, 0.2) is 36.5 Å². The molecule has 1 fully saturated rings. The van der Waals surface area contributed by atoms with Gasteiger partial charge in [-0.3, -0.25) is 5.10 Å². The number of aromatic amines is 1. The van der Waals surface area contributed by atoms with Gasteiger partial charge < -0.3 is 10.2 Å². The number of pyridine rings is 1. The molecule has 5 nitrogen and oxygen atoms in total. The quantitative estimate of drug-likeness (QED) is 0.764. The summed E-state index contributed by atoms with van der Waals surface area (Å²) >= 11 is 0. The van der Waals surface area contributed by atoms with Gasteiger partial charge in [-0.05, 0) is 38.1 Å². The molecule has 1 atom stereocenters. The Morgan fingerprint density at radius 1 is 1.22 bits per heavy atom. The Labute approximate surface area is 135 Å². The SMILES string of the molecule is Cc1ccc2[nH]nc(-c3ccnc(N4CCNC(C)C4)c3)c2c1. The normalized spacial score (nSPS) is 18.5. The van der Waals surface area contributed by atoms with Crippen LogP contribution >= 0.6 is 0 Å². The minimum atomic E-state index is 0.489. The summed E-state index contributed by atoms with van der Waals surface area (Å²) in [5, 5.41) is 12.3. The molecular weight excluding hydrogens is 286 g/mol. The van der Waals surface area contributed by atoms with E-state index in [4.69, 9.17) is 0 Å². The standard InChI is InChI=1S/C18H21N5/c1-12-3-4-16-15(9-12)18(22-21-16)14-5-6-20-17(10-14)23-8-7-19-13(2)11-23/h3-6,9-10,13,19H,7-8,11H2,1-2H3,(H,21,22). The number of nitrogens with one attached hydrogen (secondary N) is 2. The molecule has 118 valence electrons. The summed E-state index contributed by atoms with van der Waals surface area (Å²) < 4.78 is 0. The first-order valence-electron chi connectivity index (χ1n) is 8.10. The minimum Gasteiger partial charge on any atom is -0.354 e. The average molecular weight is 307 g/mol. The van der Waals surface area contributed by atoms with Gasteiger partial charge in [-0.15, -0.1) is 0 Å². The number of piperazine rings is 1. The molecule has 1 aliphatic heterocycles. The van der Waals surface area contributed by atoms with Crippen molar-refractivity contribution in [3.05, 3.63) is 42.1 Å². The van der Waals surface area contributed by atoms with Crippen LogP contribution < -0.4 is 10.2 Å². The lowest BCUT2D eigenvalue weighted by atomic mass is 10.1. The van der Waals surface area contributed by atoms with Gasteiger partial charge in [-0.2, -0.15) is 5.10 Å². The average Bonchev–Trinajstić information content (AvgIpc) is 2.98. The van der Waals surface area contributed by atoms with Crippen LogP contribution in [0.1, 0.15) is 12.5 Å². The molecule has 0 spiro atoms. The van der Waals surface area contributed by atoms with E-state index in [0.29, 0.717) is 6.04 Å². The highest BCUT2D eigenvalue weighted by Crippen LogP contribution is 2.28. The lowest BCUT2D eigenvalue weighted by molar-refractivity contribution is 0.482. The van der Waals surface area contributed by atoms with Crippen LogP contribution in [0.2, 0.25) is 0 Å². The van der Waals surface area contributed by atoms with Crippen molar-refractivity contribution < 1.29 is 0 Å². The molecule has 2 aromatic heterocycles. The highest BCUT2D eigenvalue weighted by molar-refractivity contribution is 5.93. The fourth-order valence-electron chi connectivity index (χ4n) is 3.23. The van der Waals surface area contributed by atoms with E-state index in [-0.39, 0.29) is 0 Å². The summed E-state index contributed by atoms with van der Waals surface area (Å²) in [5.74, 6) is 1.03. The second kappa shape index (κ2) is 5.66. The van der Waals surface area contributed by atoms with Gasteiger partial charge in [0.2, 0.25) is 0 Å². The number of aryl methyl sites for hydroxylation is 1. The zero-order chi connectivity index (χ0) is 15.8. The highest BCUT2D eigenvalue weighted by Gasteiger charge is 2.18. The van der Waals surface area contributed by atoms with Crippen molar-refractivity contribution in [3.63, 3.8) is 0 Å². The predicted octanol–water partition coefficient (Wildman–Crippen LogP) is 2.73. The molecular formula is C18H21N5. The Bertz CT molecular complexity index is 838. The molecule has 2 N–H and O–H groups in total. The Morgan fingerprint density at radius 3 is 3.00 bits per heavy atom. The van der Waals surface area contributed by atoms with Crippen LogP contribution in [0.25, 0.3) is 22.2 Å². The molecule has 5 heteroatoms. The number of rotatable bonds is 2. The summed E-state index contributed by atoms with van der Waals surface area (Å²) in [6, 6.07) is 11.0. The van der Waals surface area contributed by atoms with Gasteiger partial charge >= 0.3 is 0 Å². The summed E-state index contributed by atoms with van der Waals surface area (Å²) in [6.45, 7) is 7.28. The first-order valence-corrected chi connectivity index (χ1v) is 8.10. The monoisotopic (exact) mass is 307 g/mol. The number of benzene rings is 1. The summed E-state index contributed by atoms with van der Waals surface area (Å²) in [6.07, 6.45) is 1.88. The van der Waals surface area contributed by atoms with E-state index >= 15 is 0 Å². The van der Waals surface area contributed by atoms with Gasteiger partial charge in [0.15, 0.2) is 0 Å². The number of hydrogen-bond donors (Lipinski definition) is 2. The molecule has 3 heterocycles. The minimum absolute atomic E-state index is 0.489. The predicted molar refractivity (Wildman–Crippen MR) is 93.7 cm³/mol. The number of hydrogen-bond acceptors (Lipinski definition) is 4. The topological polar surface area (TPSA) is 56.8 Å².